The standard InChI is InChI=1S/C16H25NO3/c1-13(17-11-5-3-4-6-12-18)14-7-9-15(10-8-14)16(19)20-2/h7-10,13,17-18H,3-6,11-12H2,1-2H3/t13-/m0/s1. The van der Waals surface area contributed by atoms with Gasteiger partial charge in [-0.25, -0.2) is 4.79 Å². The van der Waals surface area contributed by atoms with Gasteiger partial charge in [-0.1, -0.05) is 25.0 Å². The van der Waals surface area contributed by atoms with Crippen molar-refractivity contribution in [2.24, 2.45) is 0 Å². The minimum Gasteiger partial charge on any atom is -0.465 e. The van der Waals surface area contributed by atoms with Crippen molar-refractivity contribution in [2.75, 3.05) is 20.3 Å². The minimum absolute atomic E-state index is 0.263. The van der Waals surface area contributed by atoms with E-state index in [2.05, 4.69) is 17.0 Å². The second-order valence-electron chi connectivity index (χ2n) is 4.93. The Morgan fingerprint density at radius 1 is 1.20 bits per heavy atom. The molecule has 0 unspecified atom stereocenters. The molecule has 0 heterocycles. The van der Waals surface area contributed by atoms with Gasteiger partial charge in [0.05, 0.1) is 12.7 Å². The van der Waals surface area contributed by atoms with Gasteiger partial charge in [0.25, 0.3) is 0 Å². The van der Waals surface area contributed by atoms with Gasteiger partial charge < -0.3 is 15.2 Å². The minimum atomic E-state index is -0.305. The van der Waals surface area contributed by atoms with E-state index in [9.17, 15) is 4.79 Å². The number of ether oxygens (including phenoxy) is 1. The Hall–Kier alpha value is -1.39. The highest BCUT2D eigenvalue weighted by molar-refractivity contribution is 5.89. The van der Waals surface area contributed by atoms with Gasteiger partial charge in [0, 0.05) is 12.6 Å². The Labute approximate surface area is 121 Å². The number of carbonyl (C=O) groups is 1. The van der Waals surface area contributed by atoms with Crippen LogP contribution in [-0.4, -0.2) is 31.3 Å². The van der Waals surface area contributed by atoms with Crippen LogP contribution in [0.25, 0.3) is 0 Å². The molecule has 0 aliphatic carbocycles. The monoisotopic (exact) mass is 279 g/mol. The van der Waals surface area contributed by atoms with E-state index < -0.39 is 0 Å². The Morgan fingerprint density at radius 3 is 2.45 bits per heavy atom. The van der Waals surface area contributed by atoms with E-state index in [1.807, 2.05) is 12.1 Å². The number of nitrogens with one attached hydrogen (secondary N) is 1. The van der Waals surface area contributed by atoms with Crippen molar-refractivity contribution in [3.63, 3.8) is 0 Å². The lowest BCUT2D eigenvalue weighted by Crippen LogP contribution is -2.19. The van der Waals surface area contributed by atoms with Crippen molar-refractivity contribution in [3.05, 3.63) is 35.4 Å². The number of benzene rings is 1. The Morgan fingerprint density at radius 2 is 1.85 bits per heavy atom. The SMILES string of the molecule is COC(=O)c1ccc([C@H](C)NCCCCCCO)cc1. The molecule has 112 valence electrons. The Balaban J connectivity index is 2.32. The van der Waals surface area contributed by atoms with Crippen molar-refractivity contribution in [2.45, 2.75) is 38.6 Å². The van der Waals surface area contributed by atoms with E-state index >= 15 is 0 Å². The maximum atomic E-state index is 11.3. The number of methoxy groups -OCH3 is 1. The van der Waals surface area contributed by atoms with Gasteiger partial charge in [-0.15, -0.1) is 0 Å². The molecule has 1 aromatic rings. The average Bonchev–Trinajstić information content (AvgIpc) is 2.50. The van der Waals surface area contributed by atoms with Crippen molar-refractivity contribution in [1.82, 2.24) is 5.32 Å². The van der Waals surface area contributed by atoms with E-state index in [1.165, 1.54) is 7.11 Å². The van der Waals surface area contributed by atoms with Gasteiger partial charge >= 0.3 is 5.97 Å². The quantitative estimate of drug-likeness (QED) is 0.539. The molecule has 0 aromatic heterocycles. The Bertz CT molecular complexity index is 389. The van der Waals surface area contributed by atoms with Gasteiger partial charge in [-0.3, -0.25) is 0 Å². The maximum Gasteiger partial charge on any atom is 0.337 e. The van der Waals surface area contributed by atoms with Gasteiger partial charge in [-0.05, 0) is 44.0 Å². The third-order valence-electron chi connectivity index (χ3n) is 3.37. The Kier molecular flexibility index (Phi) is 7.92. The van der Waals surface area contributed by atoms with Gasteiger partial charge in [0.15, 0.2) is 0 Å². The van der Waals surface area contributed by atoms with Crippen LogP contribution < -0.4 is 5.32 Å². The lowest BCUT2D eigenvalue weighted by atomic mass is 10.1. The first-order valence-electron chi connectivity index (χ1n) is 7.21. The summed E-state index contributed by atoms with van der Waals surface area (Å²) in [5.74, 6) is -0.305. The van der Waals surface area contributed by atoms with Crippen LogP contribution in [0.1, 0.15) is 54.6 Å². The van der Waals surface area contributed by atoms with Crippen LogP contribution in [0.2, 0.25) is 0 Å². The van der Waals surface area contributed by atoms with Crippen molar-refractivity contribution >= 4 is 5.97 Å². The van der Waals surface area contributed by atoms with Crippen LogP contribution >= 0.6 is 0 Å². The molecule has 1 aromatic carbocycles. The third-order valence-corrected chi connectivity index (χ3v) is 3.37. The fourth-order valence-electron chi connectivity index (χ4n) is 2.05. The predicted octanol–water partition coefficient (Wildman–Crippen LogP) is 2.68. The average molecular weight is 279 g/mol. The van der Waals surface area contributed by atoms with E-state index in [0.29, 0.717) is 5.56 Å². The number of unbranched alkanes of at least 4 members (excludes halogenated alkanes) is 3. The van der Waals surface area contributed by atoms with Crippen molar-refractivity contribution < 1.29 is 14.6 Å². The number of hydrogen-bond donors (Lipinski definition) is 2. The van der Waals surface area contributed by atoms with Crippen LogP contribution in [0.15, 0.2) is 24.3 Å². The summed E-state index contributed by atoms with van der Waals surface area (Å²) < 4.78 is 4.68. The topological polar surface area (TPSA) is 58.6 Å². The van der Waals surface area contributed by atoms with E-state index in [0.717, 1.165) is 37.8 Å². The molecule has 0 radical (unpaired) electrons. The largest absolute Gasteiger partial charge is 0.465 e. The molecule has 0 aliphatic heterocycles. The zero-order valence-corrected chi connectivity index (χ0v) is 12.4. The summed E-state index contributed by atoms with van der Waals surface area (Å²) in [5, 5.41) is 12.2. The second-order valence-corrected chi connectivity index (χ2v) is 4.93. The summed E-state index contributed by atoms with van der Waals surface area (Å²) in [5.41, 5.74) is 1.74. The lowest BCUT2D eigenvalue weighted by molar-refractivity contribution is 0.0600. The molecular formula is C16H25NO3. The molecule has 0 bridgehead atoms. The third kappa shape index (κ3) is 5.72. The summed E-state index contributed by atoms with van der Waals surface area (Å²) in [4.78, 5) is 11.3. The highest BCUT2D eigenvalue weighted by Crippen LogP contribution is 2.14. The molecule has 0 fully saturated rings. The predicted molar refractivity (Wildman–Crippen MR) is 79.8 cm³/mol. The smallest absolute Gasteiger partial charge is 0.337 e. The first kappa shape index (κ1) is 16.7. The fourth-order valence-corrected chi connectivity index (χ4v) is 2.05. The van der Waals surface area contributed by atoms with Gasteiger partial charge in [0.1, 0.15) is 0 Å². The number of aliphatic hydroxyl groups is 1. The van der Waals surface area contributed by atoms with E-state index in [4.69, 9.17) is 5.11 Å². The van der Waals surface area contributed by atoms with Crippen molar-refractivity contribution in [3.8, 4) is 0 Å². The van der Waals surface area contributed by atoms with Gasteiger partial charge in [0.2, 0.25) is 0 Å². The molecule has 0 aliphatic rings. The first-order valence-corrected chi connectivity index (χ1v) is 7.21. The lowest BCUT2D eigenvalue weighted by Gasteiger charge is -2.14. The summed E-state index contributed by atoms with van der Waals surface area (Å²) in [6, 6.07) is 7.76. The normalized spacial score (nSPS) is 12.2. The van der Waals surface area contributed by atoms with Crippen molar-refractivity contribution in [1.29, 1.82) is 0 Å². The molecule has 0 saturated carbocycles. The number of rotatable bonds is 9. The zero-order valence-electron chi connectivity index (χ0n) is 12.4. The number of esters is 1. The first-order chi connectivity index (χ1) is 9.69. The molecular weight excluding hydrogens is 254 g/mol. The highest BCUT2D eigenvalue weighted by atomic mass is 16.5. The molecule has 2 N–H and O–H groups in total. The van der Waals surface area contributed by atoms with Crippen LogP contribution in [0.5, 0.6) is 0 Å². The number of hydrogen-bond acceptors (Lipinski definition) is 4. The molecule has 4 heteroatoms. The summed E-state index contributed by atoms with van der Waals surface area (Å²) in [7, 11) is 1.39. The number of carbonyl (C=O) groups excluding carboxylic acids is 1. The molecule has 1 atom stereocenters. The molecule has 20 heavy (non-hydrogen) atoms. The molecule has 1 rings (SSSR count). The highest BCUT2D eigenvalue weighted by Gasteiger charge is 2.07. The maximum absolute atomic E-state index is 11.3. The molecule has 0 amide bonds. The van der Waals surface area contributed by atoms with Crippen LogP contribution in [-0.2, 0) is 4.74 Å². The van der Waals surface area contributed by atoms with Gasteiger partial charge in [-0.2, -0.15) is 0 Å². The fraction of sp³-hybridized carbons (Fsp3) is 0.562. The second kappa shape index (κ2) is 9.50. The molecule has 4 nitrogen and oxygen atoms in total. The molecule has 0 saturated heterocycles. The summed E-state index contributed by atoms with van der Waals surface area (Å²) in [6.07, 6.45) is 4.23. The van der Waals surface area contributed by atoms with Crippen LogP contribution in [0, 0.1) is 0 Å². The van der Waals surface area contributed by atoms with E-state index in [1.54, 1.807) is 12.1 Å². The van der Waals surface area contributed by atoms with Crippen LogP contribution in [0.3, 0.4) is 0 Å². The summed E-state index contributed by atoms with van der Waals surface area (Å²) in [6.45, 7) is 3.36. The van der Waals surface area contributed by atoms with Crippen LogP contribution in [0.4, 0.5) is 0 Å². The number of aliphatic hydroxyl groups excluding tert-OH is 1. The zero-order chi connectivity index (χ0) is 14.8. The van der Waals surface area contributed by atoms with E-state index in [-0.39, 0.29) is 18.6 Å². The molecule has 0 spiro atoms. The summed E-state index contributed by atoms with van der Waals surface area (Å²) >= 11 is 0.